The van der Waals surface area contributed by atoms with Crippen LogP contribution in [0.2, 0.25) is 0 Å². The van der Waals surface area contributed by atoms with Gasteiger partial charge in [0.25, 0.3) is 0 Å². The zero-order valence-electron chi connectivity index (χ0n) is 16.6. The number of aryl methyl sites for hydroxylation is 1. The van der Waals surface area contributed by atoms with E-state index in [9.17, 15) is 5.11 Å². The molecule has 1 N–H and O–H groups in total. The predicted molar refractivity (Wildman–Crippen MR) is 113 cm³/mol. The van der Waals surface area contributed by atoms with Gasteiger partial charge in [-0.3, -0.25) is 6.08 Å². The number of phenolic OH excluding ortho intramolecular Hbond substituents is 1. The van der Waals surface area contributed by atoms with Gasteiger partial charge in [0.05, 0.1) is 0 Å². The van der Waals surface area contributed by atoms with E-state index in [2.05, 4.69) is 70.7 Å². The fourth-order valence-electron chi connectivity index (χ4n) is 2.12. The molecule has 1 aliphatic carbocycles. The van der Waals surface area contributed by atoms with Crippen LogP contribution >= 0.6 is 24.8 Å². The molecule has 1 aliphatic rings. The molecule has 0 bridgehead atoms. The molecular weight excluding hydrogens is 387 g/mol. The zero-order chi connectivity index (χ0) is 18.3. The van der Waals surface area contributed by atoms with Gasteiger partial charge >= 0.3 is 24.8 Å². The Kier molecular flexibility index (Phi) is 15.2. The van der Waals surface area contributed by atoms with E-state index in [1.807, 2.05) is 13.0 Å². The van der Waals surface area contributed by atoms with Crippen LogP contribution in [0.5, 0.6) is 5.75 Å². The first-order chi connectivity index (χ1) is 10.5. The molecule has 0 saturated heterocycles. The van der Waals surface area contributed by atoms with Crippen molar-refractivity contribution < 1.29 is 25.1 Å². The summed E-state index contributed by atoms with van der Waals surface area (Å²) in [5, 5.41) is 9.36. The quantitative estimate of drug-likeness (QED) is 0.374. The van der Waals surface area contributed by atoms with E-state index in [0.29, 0.717) is 11.2 Å². The molecule has 25 heavy (non-hydrogen) atoms. The summed E-state index contributed by atoms with van der Waals surface area (Å²) in [5.41, 5.74) is 4.05. The summed E-state index contributed by atoms with van der Waals surface area (Å²) in [6, 6.07) is 5.71. The molecule has 0 unspecified atom stereocenters. The molecular formula is C21H33Cl2OTi. The van der Waals surface area contributed by atoms with Crippen molar-refractivity contribution in [2.75, 3.05) is 0 Å². The van der Waals surface area contributed by atoms with E-state index in [-0.39, 0.29) is 30.2 Å². The summed E-state index contributed by atoms with van der Waals surface area (Å²) in [4.78, 5) is 3.25. The first-order valence-electron chi connectivity index (χ1n) is 7.94. The normalized spacial score (nSPS) is 12.4. The van der Waals surface area contributed by atoms with Crippen LogP contribution in [-0.2, 0) is 25.4 Å². The molecule has 0 amide bonds. The van der Waals surface area contributed by atoms with Crippen LogP contribution in [0.25, 0.3) is 0 Å². The van der Waals surface area contributed by atoms with Crippen molar-refractivity contribution >= 4 is 29.6 Å². The van der Waals surface area contributed by atoms with Gasteiger partial charge in [-0.1, -0.05) is 47.6 Å². The van der Waals surface area contributed by atoms with E-state index in [0.717, 1.165) is 12.0 Å². The summed E-state index contributed by atoms with van der Waals surface area (Å²) < 4.78 is 0. The van der Waals surface area contributed by atoms with Crippen molar-refractivity contribution in [2.45, 2.75) is 60.3 Å². The van der Waals surface area contributed by atoms with Crippen molar-refractivity contribution in [1.82, 2.24) is 0 Å². The molecule has 0 radical (unpaired) electrons. The molecule has 1 aromatic carbocycles. The second-order valence-electron chi connectivity index (χ2n) is 7.75. The fourth-order valence-corrected chi connectivity index (χ4v) is 2.12. The Balaban J connectivity index is -0.000000336. The van der Waals surface area contributed by atoms with Crippen molar-refractivity contribution in [3.8, 4) is 5.75 Å². The number of hydrogen-bond acceptors (Lipinski definition) is 1. The van der Waals surface area contributed by atoms with Crippen LogP contribution in [0.1, 0.15) is 59.1 Å². The molecule has 0 aliphatic heterocycles. The van der Waals surface area contributed by atoms with E-state index in [4.69, 9.17) is 0 Å². The third-order valence-electron chi connectivity index (χ3n) is 3.43. The third kappa shape index (κ3) is 11.8. The van der Waals surface area contributed by atoms with Gasteiger partial charge in [-0.2, -0.15) is 6.08 Å². The van der Waals surface area contributed by atoms with Crippen LogP contribution in [0.3, 0.4) is 0 Å². The Bertz CT molecular complexity index is 544. The molecule has 0 atom stereocenters. The van der Waals surface area contributed by atoms with Gasteiger partial charge in [-0.25, -0.2) is 11.6 Å². The van der Waals surface area contributed by atoms with Crippen molar-refractivity contribution in [2.24, 2.45) is 5.41 Å². The topological polar surface area (TPSA) is 20.2 Å². The van der Waals surface area contributed by atoms with E-state index in [1.165, 1.54) is 11.1 Å². The summed E-state index contributed by atoms with van der Waals surface area (Å²) >= 11 is 1.75. The first kappa shape index (κ1) is 29.4. The Morgan fingerprint density at radius 3 is 1.76 bits per heavy atom. The Labute approximate surface area is 178 Å². The number of hydrogen-bond donors (Lipinski definition) is 1. The number of benzene rings is 1. The molecule has 0 saturated carbocycles. The second-order valence-corrected chi connectivity index (χ2v) is 7.75. The van der Waals surface area contributed by atoms with Gasteiger partial charge in [0.2, 0.25) is 0 Å². The van der Waals surface area contributed by atoms with Crippen LogP contribution in [0.15, 0.2) is 35.9 Å². The van der Waals surface area contributed by atoms with Crippen LogP contribution in [0, 0.1) is 18.4 Å². The molecule has 1 aromatic rings. The molecule has 0 aromatic heterocycles. The summed E-state index contributed by atoms with van der Waals surface area (Å²) in [6.07, 6.45) is 8.63. The second kappa shape index (κ2) is 12.9. The van der Waals surface area contributed by atoms with Gasteiger partial charge in [0, 0.05) is 0 Å². The molecule has 2 rings (SSSR count). The van der Waals surface area contributed by atoms with Crippen LogP contribution in [-0.4, -0.2) is 9.92 Å². The Hall–Kier alpha value is -0.336. The standard InChI is InChI=1S/C11H16O.C9H13.CH2.2ClH.Ti/c1-8-5-9(11(2,3)4)7-10(12)6-8;1-9(2,3)8-6-4-5-7-8;;;;/h5-7,12H,1-4H3;4,6H,5H2,1-3H3;1H2;2*1H;/q;-1;;;;+1. The Morgan fingerprint density at radius 1 is 0.960 bits per heavy atom. The molecule has 0 fully saturated rings. The van der Waals surface area contributed by atoms with Crippen LogP contribution < -0.4 is 0 Å². The maximum absolute atomic E-state index is 9.36. The SMILES string of the molecule is CC(C)(C)C1=[C-]CC=C1.Cc1cc(O)cc(C(C)(C)C)c1.Cl.Cl.[CH2]=[Ti+]. The molecule has 4 heteroatoms. The number of phenols is 1. The third-order valence-corrected chi connectivity index (χ3v) is 3.43. The Morgan fingerprint density at radius 2 is 1.48 bits per heavy atom. The average molecular weight is 420 g/mol. The van der Waals surface area contributed by atoms with E-state index < -0.39 is 0 Å². The molecule has 0 spiro atoms. The van der Waals surface area contributed by atoms with Gasteiger partial charge in [0.15, 0.2) is 0 Å². The average Bonchev–Trinajstić information content (AvgIpc) is 2.93. The van der Waals surface area contributed by atoms with E-state index >= 15 is 0 Å². The van der Waals surface area contributed by atoms with Crippen molar-refractivity contribution in [3.63, 3.8) is 0 Å². The summed E-state index contributed by atoms with van der Waals surface area (Å²) in [6.45, 7) is 15.1. The van der Waals surface area contributed by atoms with Gasteiger partial charge in [-0.05, 0) is 41.0 Å². The number of halogens is 2. The van der Waals surface area contributed by atoms with Gasteiger partial charge in [-0.15, -0.1) is 31.2 Å². The van der Waals surface area contributed by atoms with E-state index in [1.54, 1.807) is 26.0 Å². The minimum atomic E-state index is 0. The summed E-state index contributed by atoms with van der Waals surface area (Å²) in [5.74, 6) is 0.361. The van der Waals surface area contributed by atoms with Gasteiger partial charge in [0.1, 0.15) is 5.75 Å². The summed E-state index contributed by atoms with van der Waals surface area (Å²) in [7, 11) is 0. The molecule has 1 nitrogen and oxygen atoms in total. The maximum atomic E-state index is 9.36. The van der Waals surface area contributed by atoms with Gasteiger partial charge < -0.3 is 5.11 Å². The zero-order valence-corrected chi connectivity index (χ0v) is 19.8. The van der Waals surface area contributed by atoms with Crippen molar-refractivity contribution in [1.29, 1.82) is 0 Å². The number of allylic oxidation sites excluding steroid dienone is 4. The molecule has 0 heterocycles. The van der Waals surface area contributed by atoms with Crippen LogP contribution in [0.4, 0.5) is 0 Å². The minimum absolute atomic E-state index is 0. The monoisotopic (exact) mass is 419 g/mol. The predicted octanol–water partition coefficient (Wildman–Crippen LogP) is 6.53. The first-order valence-corrected chi connectivity index (χ1v) is 9.05. The van der Waals surface area contributed by atoms with Crippen molar-refractivity contribution in [3.05, 3.63) is 53.1 Å². The number of aromatic hydroxyl groups is 1. The fraction of sp³-hybridized carbons (Fsp3) is 0.476. The number of rotatable bonds is 0. The molecule has 141 valence electrons.